The smallest absolute Gasteiger partial charge is 0.117 e. The summed E-state index contributed by atoms with van der Waals surface area (Å²) in [5.74, 6) is 2.69. The summed E-state index contributed by atoms with van der Waals surface area (Å²) in [7, 11) is 2.21. The highest BCUT2D eigenvalue weighted by atomic mass is 16.3. The molecule has 1 unspecified atom stereocenters. The lowest BCUT2D eigenvalue weighted by atomic mass is 10.0. The number of aryl methyl sites for hydroxylation is 1. The van der Waals surface area contributed by atoms with Crippen LogP contribution in [0.2, 0.25) is 0 Å². The first-order chi connectivity index (χ1) is 9.56. The van der Waals surface area contributed by atoms with E-state index in [4.69, 9.17) is 4.42 Å². The van der Waals surface area contributed by atoms with Gasteiger partial charge in [-0.3, -0.25) is 4.90 Å². The Kier molecular flexibility index (Phi) is 5.64. The van der Waals surface area contributed by atoms with Crippen molar-refractivity contribution in [3.8, 4) is 0 Å². The molecule has 20 heavy (non-hydrogen) atoms. The highest BCUT2D eigenvalue weighted by Crippen LogP contribution is 2.13. The molecule has 0 bridgehead atoms. The number of furan rings is 1. The van der Waals surface area contributed by atoms with Gasteiger partial charge in [0.05, 0.1) is 6.54 Å². The average Bonchev–Trinajstić information content (AvgIpc) is 2.81. The minimum absolute atomic E-state index is 0.611. The predicted molar refractivity (Wildman–Crippen MR) is 82.8 cm³/mol. The largest absolute Gasteiger partial charge is 0.465 e. The molecule has 0 aliphatic carbocycles. The first-order valence-corrected chi connectivity index (χ1v) is 7.75. The van der Waals surface area contributed by atoms with Gasteiger partial charge in [0.15, 0.2) is 0 Å². The molecule has 1 atom stereocenters. The van der Waals surface area contributed by atoms with Crippen molar-refractivity contribution in [2.45, 2.75) is 33.4 Å². The summed E-state index contributed by atoms with van der Waals surface area (Å²) in [6.45, 7) is 13.2. The van der Waals surface area contributed by atoms with Gasteiger partial charge < -0.3 is 14.6 Å². The van der Waals surface area contributed by atoms with E-state index < -0.39 is 0 Å². The van der Waals surface area contributed by atoms with Crippen LogP contribution in [-0.4, -0.2) is 55.6 Å². The van der Waals surface area contributed by atoms with Crippen molar-refractivity contribution in [3.63, 3.8) is 0 Å². The highest BCUT2D eigenvalue weighted by molar-refractivity contribution is 5.05. The van der Waals surface area contributed by atoms with E-state index in [0.29, 0.717) is 12.0 Å². The molecule has 114 valence electrons. The predicted octanol–water partition coefficient (Wildman–Crippen LogP) is 1.95. The van der Waals surface area contributed by atoms with Gasteiger partial charge in [-0.2, -0.15) is 0 Å². The number of rotatable bonds is 6. The standard InChI is InChI=1S/C16H29N3O/c1-13(2)16(19-9-7-18(4)8-10-19)12-17-11-15-6-5-14(3)20-15/h5-6,13,16-17H,7-12H2,1-4H3. The van der Waals surface area contributed by atoms with Crippen LogP contribution in [0, 0.1) is 12.8 Å². The van der Waals surface area contributed by atoms with Gasteiger partial charge in [0.1, 0.15) is 11.5 Å². The van der Waals surface area contributed by atoms with Crippen molar-refractivity contribution in [2.24, 2.45) is 5.92 Å². The summed E-state index contributed by atoms with van der Waals surface area (Å²) in [6, 6.07) is 4.69. The molecular formula is C16H29N3O. The minimum atomic E-state index is 0.611. The summed E-state index contributed by atoms with van der Waals surface area (Å²) in [6.07, 6.45) is 0. The van der Waals surface area contributed by atoms with Crippen LogP contribution in [0.3, 0.4) is 0 Å². The second kappa shape index (κ2) is 7.25. The molecule has 2 heterocycles. The highest BCUT2D eigenvalue weighted by Gasteiger charge is 2.24. The van der Waals surface area contributed by atoms with E-state index >= 15 is 0 Å². The molecule has 4 nitrogen and oxygen atoms in total. The Hall–Kier alpha value is -0.840. The quantitative estimate of drug-likeness (QED) is 0.862. The number of nitrogens with zero attached hydrogens (tertiary/aromatic N) is 2. The van der Waals surface area contributed by atoms with Gasteiger partial charge in [-0.15, -0.1) is 0 Å². The molecule has 1 aromatic heterocycles. The molecule has 0 amide bonds. The summed E-state index contributed by atoms with van der Waals surface area (Å²) >= 11 is 0. The molecule has 0 spiro atoms. The summed E-state index contributed by atoms with van der Waals surface area (Å²) in [4.78, 5) is 5.04. The van der Waals surface area contributed by atoms with Crippen LogP contribution in [0.25, 0.3) is 0 Å². The van der Waals surface area contributed by atoms with Crippen molar-refractivity contribution in [2.75, 3.05) is 39.8 Å². The summed E-state index contributed by atoms with van der Waals surface area (Å²) in [5.41, 5.74) is 0. The third-order valence-corrected chi connectivity index (χ3v) is 4.23. The van der Waals surface area contributed by atoms with Crippen LogP contribution in [0.1, 0.15) is 25.4 Å². The lowest BCUT2D eigenvalue weighted by molar-refractivity contribution is 0.0872. The van der Waals surface area contributed by atoms with E-state index in [1.807, 2.05) is 13.0 Å². The van der Waals surface area contributed by atoms with Gasteiger partial charge in [-0.05, 0) is 32.0 Å². The maximum absolute atomic E-state index is 5.60. The van der Waals surface area contributed by atoms with Crippen molar-refractivity contribution in [1.29, 1.82) is 0 Å². The Morgan fingerprint density at radius 3 is 2.45 bits per heavy atom. The average molecular weight is 279 g/mol. The van der Waals surface area contributed by atoms with E-state index in [1.165, 1.54) is 26.2 Å². The molecule has 1 aromatic rings. The third-order valence-electron chi connectivity index (χ3n) is 4.23. The Labute approximate surface area is 123 Å². The fourth-order valence-corrected chi connectivity index (χ4v) is 2.86. The van der Waals surface area contributed by atoms with Crippen molar-refractivity contribution >= 4 is 0 Å². The fraction of sp³-hybridized carbons (Fsp3) is 0.750. The van der Waals surface area contributed by atoms with Gasteiger partial charge in [0.2, 0.25) is 0 Å². The zero-order valence-corrected chi connectivity index (χ0v) is 13.4. The second-order valence-electron chi connectivity index (χ2n) is 6.29. The van der Waals surface area contributed by atoms with E-state index in [1.54, 1.807) is 0 Å². The number of hydrogen-bond acceptors (Lipinski definition) is 4. The molecular weight excluding hydrogens is 250 g/mol. The molecule has 2 rings (SSSR count). The normalized spacial score (nSPS) is 19.6. The molecule has 1 N–H and O–H groups in total. The van der Waals surface area contributed by atoms with Crippen molar-refractivity contribution < 1.29 is 4.42 Å². The first-order valence-electron chi connectivity index (χ1n) is 7.75. The van der Waals surface area contributed by atoms with Crippen LogP contribution in [0.5, 0.6) is 0 Å². The van der Waals surface area contributed by atoms with Crippen LogP contribution in [0.15, 0.2) is 16.5 Å². The lowest BCUT2D eigenvalue weighted by Crippen LogP contribution is -2.53. The summed E-state index contributed by atoms with van der Waals surface area (Å²) in [5, 5.41) is 3.56. The molecule has 0 aromatic carbocycles. The molecule has 4 heteroatoms. The van der Waals surface area contributed by atoms with Gasteiger partial charge in [0.25, 0.3) is 0 Å². The van der Waals surface area contributed by atoms with E-state index in [-0.39, 0.29) is 0 Å². The maximum atomic E-state index is 5.60. The third kappa shape index (κ3) is 4.33. The monoisotopic (exact) mass is 279 g/mol. The molecule has 1 saturated heterocycles. The first kappa shape index (κ1) is 15.5. The Balaban J connectivity index is 1.80. The van der Waals surface area contributed by atoms with Crippen LogP contribution in [0.4, 0.5) is 0 Å². The van der Waals surface area contributed by atoms with Crippen LogP contribution in [-0.2, 0) is 6.54 Å². The number of nitrogens with one attached hydrogen (secondary N) is 1. The van der Waals surface area contributed by atoms with E-state index in [9.17, 15) is 0 Å². The van der Waals surface area contributed by atoms with Gasteiger partial charge in [0, 0.05) is 38.8 Å². The molecule has 1 aliphatic rings. The topological polar surface area (TPSA) is 31.6 Å². The van der Waals surface area contributed by atoms with Crippen LogP contribution < -0.4 is 5.32 Å². The molecule has 1 fully saturated rings. The maximum Gasteiger partial charge on any atom is 0.117 e. The van der Waals surface area contributed by atoms with Crippen molar-refractivity contribution in [1.82, 2.24) is 15.1 Å². The van der Waals surface area contributed by atoms with Gasteiger partial charge in [-0.25, -0.2) is 0 Å². The Morgan fingerprint density at radius 1 is 1.20 bits per heavy atom. The fourth-order valence-electron chi connectivity index (χ4n) is 2.86. The Morgan fingerprint density at radius 2 is 1.90 bits per heavy atom. The van der Waals surface area contributed by atoms with Crippen LogP contribution >= 0.6 is 0 Å². The zero-order valence-electron chi connectivity index (χ0n) is 13.4. The van der Waals surface area contributed by atoms with Gasteiger partial charge in [-0.1, -0.05) is 13.8 Å². The molecule has 0 saturated carbocycles. The number of hydrogen-bond donors (Lipinski definition) is 1. The summed E-state index contributed by atoms with van der Waals surface area (Å²) < 4.78 is 5.60. The Bertz CT molecular complexity index is 394. The number of piperazine rings is 1. The zero-order chi connectivity index (χ0) is 14.5. The second-order valence-corrected chi connectivity index (χ2v) is 6.29. The number of likely N-dealkylation sites (N-methyl/N-ethyl adjacent to an activating group) is 1. The van der Waals surface area contributed by atoms with Gasteiger partial charge >= 0.3 is 0 Å². The lowest BCUT2D eigenvalue weighted by Gasteiger charge is -2.40. The van der Waals surface area contributed by atoms with E-state index in [0.717, 1.165) is 24.6 Å². The van der Waals surface area contributed by atoms with Crippen molar-refractivity contribution in [3.05, 3.63) is 23.7 Å². The SMILES string of the molecule is Cc1ccc(CNCC(C(C)C)N2CCN(C)CC2)o1. The van der Waals surface area contributed by atoms with E-state index in [2.05, 4.69) is 42.1 Å². The molecule has 0 radical (unpaired) electrons. The molecule has 1 aliphatic heterocycles. The minimum Gasteiger partial charge on any atom is -0.465 e.